The maximum Gasteiger partial charge on any atom is 0.248 e. The van der Waals surface area contributed by atoms with Gasteiger partial charge in [0.25, 0.3) is 0 Å². The first-order chi connectivity index (χ1) is 12.6. The Morgan fingerprint density at radius 3 is 2.81 bits per heavy atom. The molecule has 1 aliphatic heterocycles. The Morgan fingerprint density at radius 2 is 2.08 bits per heavy atom. The maximum absolute atomic E-state index is 12.0. The third-order valence-corrected chi connectivity index (χ3v) is 4.82. The van der Waals surface area contributed by atoms with Crippen molar-refractivity contribution in [2.24, 2.45) is 0 Å². The van der Waals surface area contributed by atoms with E-state index < -0.39 is 6.04 Å². The Bertz CT molecular complexity index is 791. The van der Waals surface area contributed by atoms with Crippen LogP contribution < -0.4 is 16.0 Å². The second-order valence-electron chi connectivity index (χ2n) is 6.05. The molecule has 0 spiro atoms. The quantitative estimate of drug-likeness (QED) is 0.681. The zero-order valence-electron chi connectivity index (χ0n) is 14.2. The molecule has 26 heavy (non-hydrogen) atoms. The van der Waals surface area contributed by atoms with Gasteiger partial charge in [0.1, 0.15) is 6.04 Å². The zero-order valence-corrected chi connectivity index (χ0v) is 15.0. The maximum atomic E-state index is 12.0. The Hall–Kier alpha value is -2.74. The van der Waals surface area contributed by atoms with E-state index >= 15 is 0 Å². The predicted molar refractivity (Wildman–Crippen MR) is 98.8 cm³/mol. The van der Waals surface area contributed by atoms with E-state index in [0.29, 0.717) is 30.2 Å². The highest BCUT2D eigenvalue weighted by Gasteiger charge is 2.27. The van der Waals surface area contributed by atoms with Crippen LogP contribution >= 0.6 is 11.3 Å². The lowest BCUT2D eigenvalue weighted by molar-refractivity contribution is -0.122. The molecule has 136 valence electrons. The van der Waals surface area contributed by atoms with Gasteiger partial charge in [-0.05, 0) is 18.4 Å². The van der Waals surface area contributed by atoms with Gasteiger partial charge in [0.2, 0.25) is 17.7 Å². The number of nitrogens with zero attached hydrogens (tertiary/aromatic N) is 1. The van der Waals surface area contributed by atoms with Crippen molar-refractivity contribution >= 4 is 34.2 Å². The number of carbonyl (C=O) groups excluding carboxylic acids is 3. The van der Waals surface area contributed by atoms with Gasteiger partial charge in [-0.25, -0.2) is 4.98 Å². The van der Waals surface area contributed by atoms with E-state index in [1.807, 2.05) is 30.3 Å². The molecule has 3 amide bonds. The molecule has 3 rings (SSSR count). The van der Waals surface area contributed by atoms with Crippen LogP contribution in [0.3, 0.4) is 0 Å². The smallest absolute Gasteiger partial charge is 0.248 e. The molecule has 3 N–H and O–H groups in total. The number of anilines is 1. The van der Waals surface area contributed by atoms with Gasteiger partial charge in [-0.3, -0.25) is 14.4 Å². The first-order valence-electron chi connectivity index (χ1n) is 8.45. The summed E-state index contributed by atoms with van der Waals surface area (Å²) in [5, 5.41) is 10.3. The molecule has 2 heterocycles. The normalized spacial score (nSPS) is 16.2. The van der Waals surface area contributed by atoms with Gasteiger partial charge in [-0.15, -0.1) is 11.3 Å². The van der Waals surface area contributed by atoms with Crippen LogP contribution in [0.1, 0.15) is 24.1 Å². The molecule has 1 atom stereocenters. The highest BCUT2D eigenvalue weighted by atomic mass is 32.1. The Balaban J connectivity index is 1.42. The van der Waals surface area contributed by atoms with Crippen LogP contribution in [0.15, 0.2) is 35.7 Å². The first-order valence-corrected chi connectivity index (χ1v) is 9.33. The molecule has 1 saturated heterocycles. The third-order valence-electron chi connectivity index (χ3n) is 4.01. The Labute approximate surface area is 155 Å². The summed E-state index contributed by atoms with van der Waals surface area (Å²) in [5.41, 5.74) is 1.78. The fourth-order valence-electron chi connectivity index (χ4n) is 2.67. The fraction of sp³-hybridized carbons (Fsp3) is 0.333. The summed E-state index contributed by atoms with van der Waals surface area (Å²) >= 11 is 1.26. The molecule has 7 nitrogen and oxygen atoms in total. The number of nitrogens with one attached hydrogen (secondary N) is 3. The number of amides is 3. The number of rotatable bonds is 7. The Morgan fingerprint density at radius 1 is 1.27 bits per heavy atom. The summed E-state index contributed by atoms with van der Waals surface area (Å²) in [4.78, 5) is 39.5. The molecule has 8 heteroatoms. The molecule has 1 fully saturated rings. The van der Waals surface area contributed by atoms with Gasteiger partial charge in [-0.1, -0.05) is 30.3 Å². The van der Waals surface area contributed by atoms with Crippen molar-refractivity contribution in [3.05, 3.63) is 47.0 Å². The van der Waals surface area contributed by atoms with Gasteiger partial charge in [0, 0.05) is 18.3 Å². The summed E-state index contributed by atoms with van der Waals surface area (Å²) < 4.78 is 0. The molecule has 1 aromatic carbocycles. The third kappa shape index (κ3) is 5.13. The lowest BCUT2D eigenvalue weighted by atomic mass is 10.1. The average Bonchev–Trinajstić information content (AvgIpc) is 3.25. The Kier molecular flexibility index (Phi) is 5.96. The van der Waals surface area contributed by atoms with Crippen LogP contribution in [0.4, 0.5) is 5.13 Å². The van der Waals surface area contributed by atoms with Crippen molar-refractivity contribution in [3.63, 3.8) is 0 Å². The van der Waals surface area contributed by atoms with Crippen molar-refractivity contribution in [1.82, 2.24) is 15.6 Å². The van der Waals surface area contributed by atoms with Crippen molar-refractivity contribution in [2.75, 3.05) is 11.9 Å². The first kappa shape index (κ1) is 18.1. The summed E-state index contributed by atoms with van der Waals surface area (Å²) in [5.74, 6) is -0.492. The van der Waals surface area contributed by atoms with E-state index in [-0.39, 0.29) is 24.1 Å². The molecule has 0 aliphatic carbocycles. The van der Waals surface area contributed by atoms with Crippen LogP contribution in [-0.4, -0.2) is 35.3 Å². The van der Waals surface area contributed by atoms with Gasteiger partial charge >= 0.3 is 0 Å². The minimum absolute atomic E-state index is 0.104. The summed E-state index contributed by atoms with van der Waals surface area (Å²) in [6.07, 6.45) is 1.80. The van der Waals surface area contributed by atoms with Gasteiger partial charge in [0.05, 0.1) is 12.1 Å². The lowest BCUT2D eigenvalue weighted by Gasteiger charge is -2.08. The lowest BCUT2D eigenvalue weighted by Crippen LogP contribution is -2.37. The number of thiazole rings is 1. The number of aromatic nitrogens is 1. The molecule has 0 saturated carbocycles. The molecule has 0 radical (unpaired) electrons. The molecule has 0 bridgehead atoms. The molecule has 2 aromatic rings. The van der Waals surface area contributed by atoms with Crippen LogP contribution in [0.2, 0.25) is 0 Å². The van der Waals surface area contributed by atoms with E-state index in [1.54, 1.807) is 5.38 Å². The van der Waals surface area contributed by atoms with Crippen LogP contribution in [0.5, 0.6) is 0 Å². The molecular weight excluding hydrogens is 352 g/mol. The monoisotopic (exact) mass is 372 g/mol. The van der Waals surface area contributed by atoms with Crippen molar-refractivity contribution < 1.29 is 14.4 Å². The highest BCUT2D eigenvalue weighted by Crippen LogP contribution is 2.17. The van der Waals surface area contributed by atoms with Crippen molar-refractivity contribution in [2.45, 2.75) is 31.7 Å². The second-order valence-corrected chi connectivity index (χ2v) is 6.91. The molecule has 1 aromatic heterocycles. The van der Waals surface area contributed by atoms with Crippen molar-refractivity contribution in [3.8, 4) is 0 Å². The van der Waals surface area contributed by atoms with E-state index in [0.717, 1.165) is 6.42 Å². The number of benzene rings is 1. The topological polar surface area (TPSA) is 100 Å². The van der Waals surface area contributed by atoms with E-state index in [9.17, 15) is 14.4 Å². The molecular formula is C18H20N4O3S. The van der Waals surface area contributed by atoms with E-state index in [1.165, 1.54) is 16.9 Å². The molecule has 1 unspecified atom stereocenters. The van der Waals surface area contributed by atoms with Crippen LogP contribution in [0.25, 0.3) is 0 Å². The largest absolute Gasteiger partial charge is 0.355 e. The van der Waals surface area contributed by atoms with Gasteiger partial charge < -0.3 is 16.0 Å². The number of hydrogen-bond donors (Lipinski definition) is 3. The number of hydrogen-bond acceptors (Lipinski definition) is 5. The molecule has 1 aliphatic rings. The SMILES string of the molecule is O=C(Cc1csc(NC(=O)C2CCC(=O)N2)n1)NCCc1ccccc1. The van der Waals surface area contributed by atoms with Gasteiger partial charge in [0.15, 0.2) is 5.13 Å². The van der Waals surface area contributed by atoms with Crippen LogP contribution in [0, 0.1) is 0 Å². The fourth-order valence-corrected chi connectivity index (χ4v) is 3.38. The predicted octanol–water partition coefficient (Wildman–Crippen LogP) is 1.26. The standard InChI is InChI=1S/C18H20N4O3S/c23-15-7-6-14(21-15)17(25)22-18-20-13(11-26-18)10-16(24)19-9-8-12-4-2-1-3-5-12/h1-5,11,14H,6-10H2,(H,19,24)(H,21,23)(H,20,22,25). The number of carbonyl (C=O) groups is 3. The van der Waals surface area contributed by atoms with Crippen LogP contribution in [-0.2, 0) is 27.2 Å². The average molecular weight is 372 g/mol. The van der Waals surface area contributed by atoms with Gasteiger partial charge in [-0.2, -0.15) is 0 Å². The van der Waals surface area contributed by atoms with E-state index in [4.69, 9.17) is 0 Å². The highest BCUT2D eigenvalue weighted by molar-refractivity contribution is 7.13. The zero-order chi connectivity index (χ0) is 18.4. The minimum Gasteiger partial charge on any atom is -0.355 e. The summed E-state index contributed by atoms with van der Waals surface area (Å²) in [6.45, 7) is 0.567. The minimum atomic E-state index is -0.504. The second kappa shape index (κ2) is 8.57. The van der Waals surface area contributed by atoms with Crippen molar-refractivity contribution in [1.29, 1.82) is 0 Å². The summed E-state index contributed by atoms with van der Waals surface area (Å²) in [6, 6.07) is 9.44. The summed E-state index contributed by atoms with van der Waals surface area (Å²) in [7, 11) is 0. The van der Waals surface area contributed by atoms with E-state index in [2.05, 4.69) is 20.9 Å².